The average molecular weight is 302 g/mol. The predicted molar refractivity (Wildman–Crippen MR) is 72.7 cm³/mol. The van der Waals surface area contributed by atoms with E-state index >= 15 is 0 Å². The molecule has 0 bridgehead atoms. The quantitative estimate of drug-likeness (QED) is 0.764. The summed E-state index contributed by atoms with van der Waals surface area (Å²) in [6.07, 6.45) is 2.45. The lowest BCUT2D eigenvalue weighted by atomic mass is 10.4. The molecule has 7 nitrogen and oxygen atoms in total. The molecule has 1 N–H and O–H groups in total. The van der Waals surface area contributed by atoms with Crippen LogP contribution in [-0.2, 0) is 19.6 Å². The maximum absolute atomic E-state index is 12.4. The summed E-state index contributed by atoms with van der Waals surface area (Å²) < 4.78 is 30.6. The third-order valence-corrected chi connectivity index (χ3v) is 4.58. The Morgan fingerprint density at radius 3 is 2.60 bits per heavy atom. The van der Waals surface area contributed by atoms with Crippen molar-refractivity contribution in [3.63, 3.8) is 0 Å². The van der Waals surface area contributed by atoms with E-state index in [1.165, 1.54) is 6.20 Å². The van der Waals surface area contributed by atoms with Gasteiger partial charge in [0.25, 0.3) is 0 Å². The first-order valence-electron chi connectivity index (χ1n) is 6.15. The average Bonchev–Trinajstić information content (AvgIpc) is 2.36. The Morgan fingerprint density at radius 2 is 2.10 bits per heavy atom. The Balaban J connectivity index is 3.17. The van der Waals surface area contributed by atoms with Crippen molar-refractivity contribution in [3.8, 4) is 0 Å². The molecule has 0 amide bonds. The molecule has 112 valence electrons. The van der Waals surface area contributed by atoms with Gasteiger partial charge in [-0.2, -0.15) is 4.31 Å². The van der Waals surface area contributed by atoms with Gasteiger partial charge >= 0.3 is 5.97 Å². The molecule has 0 atom stereocenters. The molecule has 0 aliphatic rings. The van der Waals surface area contributed by atoms with Gasteiger partial charge in [0, 0.05) is 24.5 Å². The number of H-pyrrole nitrogens is 1. The van der Waals surface area contributed by atoms with Gasteiger partial charge in [-0.25, -0.2) is 8.42 Å². The van der Waals surface area contributed by atoms with Gasteiger partial charge in [-0.05, 0) is 20.8 Å². The zero-order valence-electron chi connectivity index (χ0n) is 11.6. The molecule has 0 saturated carbocycles. The van der Waals surface area contributed by atoms with Crippen LogP contribution in [0, 0.1) is 0 Å². The van der Waals surface area contributed by atoms with Crippen LogP contribution in [0.1, 0.15) is 20.8 Å². The molecule has 20 heavy (non-hydrogen) atoms. The lowest BCUT2D eigenvalue weighted by Crippen LogP contribution is -2.42. The number of nitrogens with one attached hydrogen (secondary N) is 1. The van der Waals surface area contributed by atoms with Crippen LogP contribution in [0.5, 0.6) is 0 Å². The minimum atomic E-state index is -4.06. The third-order valence-electron chi connectivity index (χ3n) is 2.54. The van der Waals surface area contributed by atoms with Gasteiger partial charge in [0.15, 0.2) is 0 Å². The van der Waals surface area contributed by atoms with Gasteiger partial charge < -0.3 is 9.72 Å². The van der Waals surface area contributed by atoms with Crippen LogP contribution in [-0.4, -0.2) is 42.9 Å². The monoisotopic (exact) mass is 302 g/mol. The number of hydrogen-bond donors (Lipinski definition) is 1. The van der Waals surface area contributed by atoms with E-state index in [4.69, 9.17) is 4.74 Å². The zero-order chi connectivity index (χ0) is 15.3. The molecular weight excluding hydrogens is 284 g/mol. The molecule has 1 heterocycles. The van der Waals surface area contributed by atoms with Crippen molar-refractivity contribution >= 4 is 16.0 Å². The summed E-state index contributed by atoms with van der Waals surface area (Å²) in [6, 6.07) is 0.638. The van der Waals surface area contributed by atoms with Crippen LogP contribution in [0.25, 0.3) is 0 Å². The first-order chi connectivity index (χ1) is 9.30. The third kappa shape index (κ3) is 3.67. The fraction of sp³-hybridized carbons (Fsp3) is 0.500. The first kappa shape index (κ1) is 16.4. The highest BCUT2D eigenvalue weighted by Crippen LogP contribution is 2.14. The number of aromatic nitrogens is 1. The Bertz CT molecular complexity index is 621. The van der Waals surface area contributed by atoms with Crippen molar-refractivity contribution in [1.82, 2.24) is 9.29 Å². The zero-order valence-corrected chi connectivity index (χ0v) is 12.4. The molecule has 8 heteroatoms. The number of nitrogens with zero attached hydrogens (tertiary/aromatic N) is 1. The van der Waals surface area contributed by atoms with Gasteiger partial charge in [0.1, 0.15) is 11.4 Å². The van der Waals surface area contributed by atoms with E-state index in [1.807, 2.05) is 0 Å². The normalized spacial score (nSPS) is 11.8. The summed E-state index contributed by atoms with van der Waals surface area (Å²) in [5, 5.41) is 0. The number of carbonyl (C=O) groups is 1. The second-order valence-corrected chi connectivity index (χ2v) is 6.18. The highest BCUT2D eigenvalue weighted by Gasteiger charge is 2.31. The second kappa shape index (κ2) is 6.67. The van der Waals surface area contributed by atoms with Crippen LogP contribution in [0.2, 0.25) is 0 Å². The molecular formula is C12H18N2O5S. The lowest BCUT2D eigenvalue weighted by Gasteiger charge is -2.24. The van der Waals surface area contributed by atoms with Gasteiger partial charge in [0.05, 0.1) is 6.61 Å². The van der Waals surface area contributed by atoms with Gasteiger partial charge in [0.2, 0.25) is 15.5 Å². The van der Waals surface area contributed by atoms with E-state index in [2.05, 4.69) is 4.98 Å². The van der Waals surface area contributed by atoms with E-state index in [0.717, 1.165) is 16.6 Å². The summed E-state index contributed by atoms with van der Waals surface area (Å²) in [6.45, 7) is 4.61. The Labute approximate surface area is 117 Å². The van der Waals surface area contributed by atoms with E-state index in [0.29, 0.717) is 0 Å². The molecule has 0 saturated heterocycles. The largest absolute Gasteiger partial charge is 0.465 e. The topological polar surface area (TPSA) is 96.5 Å². The number of aromatic amines is 1. The Hall–Kier alpha value is -1.67. The van der Waals surface area contributed by atoms with Crippen LogP contribution >= 0.6 is 0 Å². The summed E-state index contributed by atoms with van der Waals surface area (Å²) >= 11 is 0. The maximum Gasteiger partial charge on any atom is 0.321 e. The predicted octanol–water partition coefficient (Wildman–Crippen LogP) is 0.337. The standard InChI is InChI=1S/C12H18N2O5S/c1-4-19-12(16)8-14(9(2)3)20(17,18)11-7-13-6-5-10(11)15/h5-7,9H,4,8H2,1-3H3,(H,13,15). The summed E-state index contributed by atoms with van der Waals surface area (Å²) in [4.78, 5) is 25.3. The molecule has 0 fully saturated rings. The van der Waals surface area contributed by atoms with Crippen molar-refractivity contribution in [2.75, 3.05) is 13.2 Å². The number of sulfonamides is 1. The molecule has 0 aromatic carbocycles. The lowest BCUT2D eigenvalue weighted by molar-refractivity contribution is -0.143. The van der Waals surface area contributed by atoms with Crippen molar-refractivity contribution in [2.45, 2.75) is 31.7 Å². The number of hydrogen-bond acceptors (Lipinski definition) is 5. The van der Waals surface area contributed by atoms with Gasteiger partial charge in [-0.3, -0.25) is 9.59 Å². The minimum absolute atomic E-state index is 0.163. The number of esters is 1. The van der Waals surface area contributed by atoms with Crippen LogP contribution in [0.4, 0.5) is 0 Å². The fourth-order valence-electron chi connectivity index (χ4n) is 1.61. The van der Waals surface area contributed by atoms with Crippen LogP contribution in [0.15, 0.2) is 28.2 Å². The van der Waals surface area contributed by atoms with E-state index in [-0.39, 0.29) is 6.61 Å². The molecule has 0 spiro atoms. The fourth-order valence-corrected chi connectivity index (χ4v) is 3.23. The SMILES string of the molecule is CCOC(=O)CN(C(C)C)S(=O)(=O)c1c[nH]ccc1=O. The van der Waals surface area contributed by atoms with E-state index < -0.39 is 38.9 Å². The van der Waals surface area contributed by atoms with Crippen molar-refractivity contribution < 1.29 is 17.9 Å². The van der Waals surface area contributed by atoms with Crippen molar-refractivity contribution in [1.29, 1.82) is 0 Å². The van der Waals surface area contributed by atoms with E-state index in [1.54, 1.807) is 20.8 Å². The first-order valence-corrected chi connectivity index (χ1v) is 7.59. The summed E-state index contributed by atoms with van der Waals surface area (Å²) in [7, 11) is -4.06. The van der Waals surface area contributed by atoms with Crippen LogP contribution in [0.3, 0.4) is 0 Å². The summed E-state index contributed by atoms with van der Waals surface area (Å²) in [5.74, 6) is -0.655. The molecule has 0 aliphatic carbocycles. The summed E-state index contributed by atoms with van der Waals surface area (Å²) in [5.41, 5.74) is -0.627. The number of carbonyl (C=O) groups excluding carboxylic acids is 1. The molecule has 0 unspecified atom stereocenters. The molecule has 0 aliphatic heterocycles. The molecule has 1 aromatic rings. The Morgan fingerprint density at radius 1 is 1.45 bits per heavy atom. The second-order valence-electron chi connectivity index (χ2n) is 4.32. The van der Waals surface area contributed by atoms with Crippen molar-refractivity contribution in [3.05, 3.63) is 28.7 Å². The van der Waals surface area contributed by atoms with Crippen LogP contribution < -0.4 is 5.43 Å². The molecule has 0 radical (unpaired) electrons. The highest BCUT2D eigenvalue weighted by atomic mass is 32.2. The van der Waals surface area contributed by atoms with Gasteiger partial charge in [-0.15, -0.1) is 0 Å². The highest BCUT2D eigenvalue weighted by molar-refractivity contribution is 7.89. The van der Waals surface area contributed by atoms with E-state index in [9.17, 15) is 18.0 Å². The Kier molecular flexibility index (Phi) is 5.46. The number of pyridine rings is 1. The van der Waals surface area contributed by atoms with Crippen molar-refractivity contribution in [2.24, 2.45) is 0 Å². The minimum Gasteiger partial charge on any atom is -0.465 e. The maximum atomic E-state index is 12.4. The molecule has 1 rings (SSSR count). The number of rotatable bonds is 6. The molecule has 1 aromatic heterocycles. The smallest absolute Gasteiger partial charge is 0.321 e. The number of ether oxygens (including phenoxy) is 1. The van der Waals surface area contributed by atoms with Gasteiger partial charge in [-0.1, -0.05) is 0 Å².